The van der Waals surface area contributed by atoms with Gasteiger partial charge in [0.2, 0.25) is 11.8 Å². The van der Waals surface area contributed by atoms with E-state index in [0.29, 0.717) is 19.0 Å². The number of fused-ring (bicyclic) bond motifs is 1. The maximum Gasteiger partial charge on any atom is 0.223 e. The fraction of sp³-hybridized carbons (Fsp3) is 0.500. The van der Waals surface area contributed by atoms with Gasteiger partial charge in [0.1, 0.15) is 0 Å². The van der Waals surface area contributed by atoms with E-state index in [-0.39, 0.29) is 17.9 Å². The van der Waals surface area contributed by atoms with Gasteiger partial charge in [0.05, 0.1) is 12.5 Å². The number of nitrogens with zero attached hydrogens (tertiary/aromatic N) is 2. The lowest BCUT2D eigenvalue weighted by Gasteiger charge is -2.32. The van der Waals surface area contributed by atoms with Crippen LogP contribution in [0.25, 0.3) is 6.08 Å². The number of amides is 2. The highest BCUT2D eigenvalue weighted by Gasteiger charge is 2.29. The second-order valence-electron chi connectivity index (χ2n) is 6.82. The van der Waals surface area contributed by atoms with E-state index in [0.717, 1.165) is 30.6 Å². The number of hydrogen-bond donors (Lipinski definition) is 1. The number of likely N-dealkylation sites (N-methyl/N-ethyl adjacent to an activating group) is 1. The summed E-state index contributed by atoms with van der Waals surface area (Å²) in [6, 6.07) is 8.16. The van der Waals surface area contributed by atoms with Crippen molar-refractivity contribution in [2.75, 3.05) is 19.6 Å². The van der Waals surface area contributed by atoms with E-state index >= 15 is 0 Å². The van der Waals surface area contributed by atoms with E-state index in [1.165, 1.54) is 6.42 Å². The highest BCUT2D eigenvalue weighted by Crippen LogP contribution is 2.32. The van der Waals surface area contributed by atoms with Gasteiger partial charge in [-0.1, -0.05) is 31.2 Å². The third-order valence-electron chi connectivity index (χ3n) is 5.29. The average Bonchev–Trinajstić information content (AvgIpc) is 3.07. The largest absolute Gasteiger partial charge is 0.354 e. The van der Waals surface area contributed by atoms with Crippen molar-refractivity contribution in [3.63, 3.8) is 0 Å². The van der Waals surface area contributed by atoms with E-state index in [2.05, 4.69) is 17.1 Å². The molecule has 25 heavy (non-hydrogen) atoms. The van der Waals surface area contributed by atoms with Crippen LogP contribution in [0.1, 0.15) is 50.3 Å². The summed E-state index contributed by atoms with van der Waals surface area (Å²) >= 11 is 0. The smallest absolute Gasteiger partial charge is 0.223 e. The minimum Gasteiger partial charge on any atom is -0.354 e. The molecule has 5 nitrogen and oxygen atoms in total. The van der Waals surface area contributed by atoms with E-state index in [4.69, 9.17) is 0 Å². The van der Waals surface area contributed by atoms with Crippen LogP contribution in [0, 0.1) is 0 Å². The van der Waals surface area contributed by atoms with Gasteiger partial charge in [-0.25, -0.2) is 0 Å². The molecule has 3 rings (SSSR count). The molecule has 134 valence electrons. The highest BCUT2D eigenvalue weighted by atomic mass is 16.2. The van der Waals surface area contributed by atoms with Gasteiger partial charge in [-0.2, -0.15) is 0 Å². The topological polar surface area (TPSA) is 52.7 Å². The third-order valence-corrected chi connectivity index (χ3v) is 5.29. The third kappa shape index (κ3) is 3.93. The standard InChI is InChI=1S/C20H27N3O2/c1-3-22-11-6-8-17(22)14-21-20(25)13-19-18-9-5-4-7-16(18)10-12-23(19)15(2)24/h4-5,7,9-10,12,17,19H,3,6,8,11,13-14H2,1-2H3,(H,21,25)/t17-,19-/m1/s1. The highest BCUT2D eigenvalue weighted by molar-refractivity contribution is 5.81. The Bertz CT molecular complexity index is 671. The normalized spacial score (nSPS) is 22.7. The molecule has 1 fully saturated rings. The zero-order chi connectivity index (χ0) is 17.8. The Labute approximate surface area is 149 Å². The zero-order valence-electron chi connectivity index (χ0n) is 15.1. The lowest BCUT2D eigenvalue weighted by molar-refractivity contribution is -0.130. The monoisotopic (exact) mass is 341 g/mol. The summed E-state index contributed by atoms with van der Waals surface area (Å²) in [5.74, 6) is -0.0409. The predicted molar refractivity (Wildman–Crippen MR) is 98.6 cm³/mol. The Morgan fingerprint density at radius 3 is 2.84 bits per heavy atom. The van der Waals surface area contributed by atoms with Crippen molar-refractivity contribution in [1.29, 1.82) is 0 Å². The first-order valence-electron chi connectivity index (χ1n) is 9.17. The minimum absolute atomic E-state index is 0.00399. The Morgan fingerprint density at radius 2 is 2.08 bits per heavy atom. The Hall–Kier alpha value is -2.14. The van der Waals surface area contributed by atoms with Crippen LogP contribution in [0.3, 0.4) is 0 Å². The summed E-state index contributed by atoms with van der Waals surface area (Å²) in [5.41, 5.74) is 2.11. The number of hydrogen-bond acceptors (Lipinski definition) is 3. The molecule has 2 amide bonds. The molecule has 0 aliphatic carbocycles. The number of nitrogens with one attached hydrogen (secondary N) is 1. The van der Waals surface area contributed by atoms with Crippen molar-refractivity contribution in [2.24, 2.45) is 0 Å². The van der Waals surface area contributed by atoms with E-state index < -0.39 is 0 Å². The molecule has 0 aromatic heterocycles. The SMILES string of the molecule is CCN1CCC[C@@H]1CNC(=O)C[C@@H]1c2ccccc2C=CN1C(C)=O. The summed E-state index contributed by atoms with van der Waals surface area (Å²) in [4.78, 5) is 28.6. The molecule has 1 aromatic carbocycles. The summed E-state index contributed by atoms with van der Waals surface area (Å²) < 4.78 is 0. The van der Waals surface area contributed by atoms with Crippen molar-refractivity contribution < 1.29 is 9.59 Å². The fourth-order valence-electron chi connectivity index (χ4n) is 3.94. The fourth-order valence-corrected chi connectivity index (χ4v) is 3.94. The Kier molecular flexibility index (Phi) is 5.53. The second kappa shape index (κ2) is 7.83. The van der Waals surface area contributed by atoms with Gasteiger partial charge in [0, 0.05) is 25.7 Å². The van der Waals surface area contributed by atoms with Crippen LogP contribution >= 0.6 is 0 Å². The van der Waals surface area contributed by atoms with Crippen LogP contribution in [0.5, 0.6) is 0 Å². The number of carbonyl (C=O) groups excluding carboxylic acids is 2. The van der Waals surface area contributed by atoms with Gasteiger partial charge in [0.25, 0.3) is 0 Å². The minimum atomic E-state index is -0.232. The predicted octanol–water partition coefficient (Wildman–Crippen LogP) is 2.55. The van der Waals surface area contributed by atoms with Crippen molar-refractivity contribution in [2.45, 2.75) is 45.2 Å². The molecule has 0 bridgehead atoms. The molecule has 0 radical (unpaired) electrons. The summed E-state index contributed by atoms with van der Waals surface area (Å²) in [6.45, 7) is 6.54. The quantitative estimate of drug-likeness (QED) is 0.895. The molecular weight excluding hydrogens is 314 g/mol. The van der Waals surface area contributed by atoms with Crippen LogP contribution in [-0.4, -0.2) is 47.3 Å². The van der Waals surface area contributed by atoms with Crippen molar-refractivity contribution in [3.05, 3.63) is 41.6 Å². The van der Waals surface area contributed by atoms with Gasteiger partial charge in [-0.3, -0.25) is 14.5 Å². The average molecular weight is 341 g/mol. The van der Waals surface area contributed by atoms with Crippen LogP contribution in [0.4, 0.5) is 0 Å². The maximum atomic E-state index is 12.5. The summed E-state index contributed by atoms with van der Waals surface area (Å²) in [7, 11) is 0. The maximum absolute atomic E-state index is 12.5. The van der Waals surface area contributed by atoms with Crippen molar-refractivity contribution >= 4 is 17.9 Å². The molecule has 2 heterocycles. The van der Waals surface area contributed by atoms with Crippen molar-refractivity contribution in [3.8, 4) is 0 Å². The first-order valence-corrected chi connectivity index (χ1v) is 9.17. The lowest BCUT2D eigenvalue weighted by Crippen LogP contribution is -2.41. The molecule has 0 spiro atoms. The number of carbonyl (C=O) groups is 2. The first-order chi connectivity index (χ1) is 12.1. The molecule has 2 aliphatic heterocycles. The van der Waals surface area contributed by atoms with Gasteiger partial charge in [-0.05, 0) is 43.1 Å². The first kappa shape index (κ1) is 17.7. The number of rotatable bonds is 5. The van der Waals surface area contributed by atoms with E-state index in [1.807, 2.05) is 30.3 Å². The van der Waals surface area contributed by atoms with Crippen LogP contribution in [0.2, 0.25) is 0 Å². The van der Waals surface area contributed by atoms with Crippen LogP contribution in [-0.2, 0) is 9.59 Å². The van der Waals surface area contributed by atoms with Gasteiger partial charge < -0.3 is 10.2 Å². The summed E-state index contributed by atoms with van der Waals surface area (Å²) in [5, 5.41) is 3.08. The van der Waals surface area contributed by atoms with Crippen LogP contribution in [0.15, 0.2) is 30.5 Å². The molecule has 2 aliphatic rings. The number of benzene rings is 1. The number of likely N-dealkylation sites (tertiary alicyclic amines) is 1. The van der Waals surface area contributed by atoms with E-state index in [9.17, 15) is 9.59 Å². The van der Waals surface area contributed by atoms with Gasteiger partial charge >= 0.3 is 0 Å². The second-order valence-corrected chi connectivity index (χ2v) is 6.82. The Balaban J connectivity index is 1.66. The van der Waals surface area contributed by atoms with E-state index in [1.54, 1.807) is 18.0 Å². The Morgan fingerprint density at radius 1 is 1.28 bits per heavy atom. The molecular formula is C20H27N3O2. The molecule has 1 N–H and O–H groups in total. The zero-order valence-corrected chi connectivity index (χ0v) is 15.1. The molecule has 1 aromatic rings. The van der Waals surface area contributed by atoms with Gasteiger partial charge in [0.15, 0.2) is 0 Å². The molecule has 5 heteroatoms. The molecule has 0 saturated carbocycles. The van der Waals surface area contributed by atoms with Gasteiger partial charge in [-0.15, -0.1) is 0 Å². The summed E-state index contributed by atoms with van der Waals surface area (Å²) in [6.07, 6.45) is 6.36. The lowest BCUT2D eigenvalue weighted by atomic mass is 9.93. The molecule has 2 atom stereocenters. The van der Waals surface area contributed by atoms with Crippen LogP contribution < -0.4 is 5.32 Å². The van der Waals surface area contributed by atoms with Crippen molar-refractivity contribution in [1.82, 2.24) is 15.1 Å². The molecule has 1 saturated heterocycles. The molecule has 0 unspecified atom stereocenters.